The monoisotopic (exact) mass is 257 g/mol. The van der Waals surface area contributed by atoms with Gasteiger partial charge >= 0.3 is 6.03 Å². The molecule has 0 atom stereocenters. The highest BCUT2D eigenvalue weighted by molar-refractivity contribution is 5.73. The van der Waals surface area contributed by atoms with E-state index < -0.39 is 0 Å². The number of hydrogen-bond donors (Lipinski definition) is 3. The third kappa shape index (κ3) is 6.81. The third-order valence-corrected chi connectivity index (χ3v) is 3.28. The second-order valence-corrected chi connectivity index (χ2v) is 4.94. The highest BCUT2D eigenvalue weighted by Crippen LogP contribution is 2.19. The van der Waals surface area contributed by atoms with Crippen molar-refractivity contribution in [1.29, 1.82) is 0 Å². The molecule has 0 aromatic carbocycles. The molecule has 0 unspecified atom stereocenters. The van der Waals surface area contributed by atoms with Gasteiger partial charge in [-0.15, -0.1) is 0 Å². The Labute approximate surface area is 110 Å². The number of hydrogen-bond acceptors (Lipinski definition) is 3. The topological polar surface area (TPSA) is 76.4 Å². The molecule has 1 saturated carbocycles. The summed E-state index contributed by atoms with van der Waals surface area (Å²) in [6.45, 7) is 3.99. The average Bonchev–Trinajstić information content (AvgIpc) is 2.37. The lowest BCUT2D eigenvalue weighted by atomic mass is 9.94. The number of carbonyl (C=O) groups excluding carboxylic acids is 1. The number of amides is 2. The van der Waals surface area contributed by atoms with Crippen LogP contribution >= 0.6 is 0 Å². The molecule has 1 fully saturated rings. The quantitative estimate of drug-likeness (QED) is 0.603. The molecule has 0 radical (unpaired) electrons. The van der Waals surface area contributed by atoms with Crippen LogP contribution in [0.4, 0.5) is 4.79 Å². The van der Waals surface area contributed by atoms with Crippen LogP contribution in [0, 0.1) is 0 Å². The Kier molecular flexibility index (Phi) is 7.76. The van der Waals surface area contributed by atoms with Crippen LogP contribution in [0.3, 0.4) is 0 Å². The zero-order valence-corrected chi connectivity index (χ0v) is 11.4. The van der Waals surface area contributed by atoms with Gasteiger partial charge in [-0.2, -0.15) is 0 Å². The molecule has 1 aliphatic rings. The van der Waals surface area contributed by atoms with Crippen molar-refractivity contribution in [2.45, 2.75) is 57.6 Å². The summed E-state index contributed by atoms with van der Waals surface area (Å²) < 4.78 is 5.71. The van der Waals surface area contributed by atoms with Crippen LogP contribution in [-0.4, -0.2) is 37.9 Å². The van der Waals surface area contributed by atoms with Crippen molar-refractivity contribution in [2.24, 2.45) is 5.73 Å². The summed E-state index contributed by atoms with van der Waals surface area (Å²) in [7, 11) is 0. The average molecular weight is 257 g/mol. The van der Waals surface area contributed by atoms with Crippen LogP contribution in [0.15, 0.2) is 0 Å². The first-order valence-corrected chi connectivity index (χ1v) is 7.11. The molecule has 5 nitrogen and oxygen atoms in total. The Balaban J connectivity index is 1.93. The van der Waals surface area contributed by atoms with E-state index in [4.69, 9.17) is 10.5 Å². The van der Waals surface area contributed by atoms with Crippen LogP contribution < -0.4 is 16.4 Å². The van der Waals surface area contributed by atoms with Crippen LogP contribution in [0.1, 0.15) is 45.4 Å². The summed E-state index contributed by atoms with van der Waals surface area (Å²) in [6.07, 6.45) is 6.63. The molecular formula is C13H27N3O2. The first kappa shape index (κ1) is 15.2. The first-order chi connectivity index (χ1) is 8.72. The lowest BCUT2D eigenvalue weighted by molar-refractivity contribution is 0.0278. The molecule has 4 N–H and O–H groups in total. The zero-order chi connectivity index (χ0) is 13.2. The molecule has 0 bridgehead atoms. The minimum atomic E-state index is -0.0993. The summed E-state index contributed by atoms with van der Waals surface area (Å²) in [5, 5.41) is 5.60. The lowest BCUT2D eigenvalue weighted by Crippen LogP contribution is -2.38. The maximum atomic E-state index is 11.3. The van der Waals surface area contributed by atoms with Crippen molar-refractivity contribution in [3.05, 3.63) is 0 Å². The Morgan fingerprint density at radius 1 is 1.22 bits per heavy atom. The van der Waals surface area contributed by atoms with Crippen molar-refractivity contribution < 1.29 is 9.53 Å². The van der Waals surface area contributed by atoms with Crippen molar-refractivity contribution in [1.82, 2.24) is 10.6 Å². The van der Waals surface area contributed by atoms with Crippen molar-refractivity contribution in [3.8, 4) is 0 Å². The van der Waals surface area contributed by atoms with E-state index in [2.05, 4.69) is 17.6 Å². The second kappa shape index (κ2) is 9.16. The van der Waals surface area contributed by atoms with Crippen LogP contribution in [-0.2, 0) is 4.74 Å². The number of unbranched alkanes of at least 4 members (excludes halogenated alkanes) is 1. The first-order valence-electron chi connectivity index (χ1n) is 7.11. The zero-order valence-electron chi connectivity index (χ0n) is 11.4. The normalized spacial score (nSPS) is 23.7. The molecule has 0 aromatic heterocycles. The number of rotatable bonds is 7. The molecule has 2 amide bonds. The minimum Gasteiger partial charge on any atom is -0.376 e. The van der Waals surface area contributed by atoms with E-state index in [-0.39, 0.29) is 6.03 Å². The maximum Gasteiger partial charge on any atom is 0.314 e. The van der Waals surface area contributed by atoms with E-state index in [9.17, 15) is 4.79 Å². The molecule has 1 aliphatic carbocycles. The van der Waals surface area contributed by atoms with Crippen molar-refractivity contribution in [3.63, 3.8) is 0 Å². The fourth-order valence-electron chi connectivity index (χ4n) is 2.09. The van der Waals surface area contributed by atoms with Gasteiger partial charge in [0.2, 0.25) is 0 Å². The Morgan fingerprint density at radius 2 is 1.89 bits per heavy atom. The maximum absolute atomic E-state index is 11.3. The van der Waals surface area contributed by atoms with Gasteiger partial charge in [-0.25, -0.2) is 4.79 Å². The number of nitrogens with two attached hydrogens (primary N) is 1. The molecule has 106 valence electrons. The van der Waals surface area contributed by atoms with Gasteiger partial charge in [0.25, 0.3) is 0 Å². The number of urea groups is 1. The summed E-state index contributed by atoms with van der Waals surface area (Å²) in [4.78, 5) is 11.3. The van der Waals surface area contributed by atoms with Gasteiger partial charge in [0, 0.05) is 19.1 Å². The van der Waals surface area contributed by atoms with Gasteiger partial charge < -0.3 is 21.1 Å². The van der Waals surface area contributed by atoms with Crippen LogP contribution in [0.5, 0.6) is 0 Å². The van der Waals surface area contributed by atoms with E-state index in [1.165, 1.54) is 0 Å². The standard InChI is InChI=1S/C13H27N3O2/c1-2-3-8-15-13(17)16-9-10-18-12-6-4-11(14)5-7-12/h11-12H,2-10,14H2,1H3,(H2,15,16,17). The van der Waals surface area contributed by atoms with E-state index in [0.29, 0.717) is 25.3 Å². The second-order valence-electron chi connectivity index (χ2n) is 4.94. The molecule has 1 rings (SSSR count). The molecule has 0 heterocycles. The molecule has 0 saturated heterocycles. The predicted molar refractivity (Wildman–Crippen MR) is 72.5 cm³/mol. The van der Waals surface area contributed by atoms with Crippen LogP contribution in [0.25, 0.3) is 0 Å². The Hall–Kier alpha value is -0.810. The Morgan fingerprint density at radius 3 is 2.56 bits per heavy atom. The SMILES string of the molecule is CCCCNC(=O)NCCOC1CCC(N)CC1. The van der Waals surface area contributed by atoms with E-state index in [0.717, 1.165) is 45.1 Å². The van der Waals surface area contributed by atoms with E-state index >= 15 is 0 Å². The molecule has 0 aliphatic heterocycles. The molecule has 18 heavy (non-hydrogen) atoms. The smallest absolute Gasteiger partial charge is 0.314 e. The lowest BCUT2D eigenvalue weighted by Gasteiger charge is -2.26. The van der Waals surface area contributed by atoms with Gasteiger partial charge in [0.1, 0.15) is 0 Å². The highest BCUT2D eigenvalue weighted by Gasteiger charge is 2.18. The summed E-state index contributed by atoms with van der Waals surface area (Å²) in [5.74, 6) is 0. The van der Waals surface area contributed by atoms with Crippen molar-refractivity contribution >= 4 is 6.03 Å². The highest BCUT2D eigenvalue weighted by atomic mass is 16.5. The fraction of sp³-hybridized carbons (Fsp3) is 0.923. The van der Waals surface area contributed by atoms with E-state index in [1.807, 2.05) is 0 Å². The predicted octanol–water partition coefficient (Wildman–Crippen LogP) is 1.37. The van der Waals surface area contributed by atoms with Gasteiger partial charge in [-0.1, -0.05) is 13.3 Å². The summed E-state index contributed by atoms with van der Waals surface area (Å²) in [6, 6.07) is 0.255. The molecule has 0 spiro atoms. The van der Waals surface area contributed by atoms with E-state index in [1.54, 1.807) is 0 Å². The molecule has 5 heteroatoms. The van der Waals surface area contributed by atoms with Crippen molar-refractivity contribution in [2.75, 3.05) is 19.7 Å². The van der Waals surface area contributed by atoms with Gasteiger partial charge in [0.05, 0.1) is 12.7 Å². The minimum absolute atomic E-state index is 0.0993. The molecule has 0 aromatic rings. The van der Waals surface area contributed by atoms with Crippen LogP contribution in [0.2, 0.25) is 0 Å². The molecular weight excluding hydrogens is 230 g/mol. The largest absolute Gasteiger partial charge is 0.376 e. The summed E-state index contributed by atoms with van der Waals surface area (Å²) in [5.41, 5.74) is 5.83. The van der Waals surface area contributed by atoms with Gasteiger partial charge in [0.15, 0.2) is 0 Å². The Bertz CT molecular complexity index is 228. The third-order valence-electron chi connectivity index (χ3n) is 3.28. The fourth-order valence-corrected chi connectivity index (χ4v) is 2.09. The van der Waals surface area contributed by atoms with Gasteiger partial charge in [-0.3, -0.25) is 0 Å². The number of ether oxygens (including phenoxy) is 1. The number of nitrogens with one attached hydrogen (secondary N) is 2. The van der Waals surface area contributed by atoms with Gasteiger partial charge in [-0.05, 0) is 32.1 Å². The summed E-state index contributed by atoms with van der Waals surface area (Å²) >= 11 is 0. The number of carbonyl (C=O) groups is 1.